The second kappa shape index (κ2) is 5.64. The summed E-state index contributed by atoms with van der Waals surface area (Å²) in [6.45, 7) is 5.05. The fourth-order valence-electron chi connectivity index (χ4n) is 1.04. The monoisotopic (exact) mass is 243 g/mol. The Morgan fingerprint density at radius 3 is 2.81 bits per heavy atom. The summed E-state index contributed by atoms with van der Waals surface area (Å²) >= 11 is 1.18. The first-order chi connectivity index (χ1) is 7.49. The van der Waals surface area contributed by atoms with Crippen LogP contribution in [-0.2, 0) is 4.79 Å². The van der Waals surface area contributed by atoms with Crippen molar-refractivity contribution >= 4 is 28.5 Å². The highest BCUT2D eigenvalue weighted by molar-refractivity contribution is 7.09. The summed E-state index contributed by atoms with van der Waals surface area (Å²) in [7, 11) is 1.79. The van der Waals surface area contributed by atoms with Gasteiger partial charge in [-0.05, 0) is 5.92 Å². The molecule has 0 spiro atoms. The van der Waals surface area contributed by atoms with E-state index in [1.807, 2.05) is 0 Å². The van der Waals surface area contributed by atoms with Crippen molar-refractivity contribution in [2.24, 2.45) is 5.92 Å². The number of hydrogen-bond donors (Lipinski definition) is 2. The molecule has 0 saturated carbocycles. The molecule has 0 fully saturated rings. The maximum Gasteiger partial charge on any atom is 0.239 e. The minimum Gasteiger partial charge on any atom is -0.367 e. The van der Waals surface area contributed by atoms with E-state index in [1.165, 1.54) is 11.5 Å². The van der Waals surface area contributed by atoms with Crippen molar-refractivity contribution in [1.29, 1.82) is 0 Å². The van der Waals surface area contributed by atoms with Crippen LogP contribution in [0.5, 0.6) is 0 Å². The molecule has 0 saturated heterocycles. The molecule has 0 bridgehead atoms. The Morgan fingerprint density at radius 2 is 2.31 bits per heavy atom. The van der Waals surface area contributed by atoms with E-state index < -0.39 is 0 Å². The lowest BCUT2D eigenvalue weighted by atomic mass is 10.2. The molecule has 1 heterocycles. The molecule has 0 aliphatic rings. The molecule has 6 nitrogen and oxygen atoms in total. The summed E-state index contributed by atoms with van der Waals surface area (Å²) < 4.78 is 3.85. The molecule has 0 aliphatic heterocycles. The summed E-state index contributed by atoms with van der Waals surface area (Å²) in [5.74, 6) is 0.672. The van der Waals surface area contributed by atoms with E-state index in [-0.39, 0.29) is 18.4 Å². The summed E-state index contributed by atoms with van der Waals surface area (Å²) in [5.41, 5.74) is 5.41. The minimum absolute atomic E-state index is 0.0232. The lowest BCUT2D eigenvalue weighted by molar-refractivity contribution is -0.119. The van der Waals surface area contributed by atoms with Gasteiger partial charge in [0.2, 0.25) is 17.0 Å². The molecule has 0 aromatic carbocycles. The van der Waals surface area contributed by atoms with Gasteiger partial charge in [-0.15, -0.1) is 0 Å². The Kier molecular flexibility index (Phi) is 4.48. The number of hydrogen-bond acceptors (Lipinski definition) is 6. The topological polar surface area (TPSA) is 84.1 Å². The number of likely N-dealkylation sites (N-methyl/N-ethyl adjacent to an activating group) is 1. The number of carbonyl (C=O) groups is 1. The summed E-state index contributed by atoms with van der Waals surface area (Å²) in [6.07, 6.45) is 0. The lowest BCUT2D eigenvalue weighted by Crippen LogP contribution is -2.36. The molecule has 1 amide bonds. The smallest absolute Gasteiger partial charge is 0.239 e. The van der Waals surface area contributed by atoms with Crippen molar-refractivity contribution in [2.45, 2.75) is 13.8 Å². The molecule has 16 heavy (non-hydrogen) atoms. The van der Waals surface area contributed by atoms with Gasteiger partial charge in [-0.2, -0.15) is 9.36 Å². The number of nitrogens with zero attached hydrogens (tertiary/aromatic N) is 3. The number of nitrogens with two attached hydrogens (primary N) is 1. The van der Waals surface area contributed by atoms with Crippen LogP contribution >= 0.6 is 11.5 Å². The van der Waals surface area contributed by atoms with Crippen molar-refractivity contribution in [1.82, 2.24) is 14.7 Å². The second-order valence-corrected chi connectivity index (χ2v) is 4.72. The van der Waals surface area contributed by atoms with Crippen molar-refractivity contribution in [3.05, 3.63) is 0 Å². The fraction of sp³-hybridized carbons (Fsp3) is 0.667. The van der Waals surface area contributed by atoms with Crippen LogP contribution in [0.3, 0.4) is 0 Å². The first-order valence-corrected chi connectivity index (χ1v) is 5.83. The quantitative estimate of drug-likeness (QED) is 0.778. The lowest BCUT2D eigenvalue weighted by Gasteiger charge is -2.15. The molecule has 0 atom stereocenters. The average molecular weight is 243 g/mol. The third-order valence-corrected chi connectivity index (χ3v) is 2.69. The Morgan fingerprint density at radius 1 is 1.62 bits per heavy atom. The van der Waals surface area contributed by atoms with Crippen LogP contribution in [0, 0.1) is 5.92 Å². The summed E-state index contributed by atoms with van der Waals surface area (Å²) in [6, 6.07) is 0. The number of aromatic nitrogens is 2. The molecule has 1 aromatic rings. The molecule has 1 aromatic heterocycles. The van der Waals surface area contributed by atoms with Gasteiger partial charge >= 0.3 is 0 Å². The largest absolute Gasteiger partial charge is 0.367 e. The predicted molar refractivity (Wildman–Crippen MR) is 65.4 cm³/mol. The molecule has 0 radical (unpaired) electrons. The van der Waals surface area contributed by atoms with Gasteiger partial charge in [0.15, 0.2) is 0 Å². The number of nitrogen functional groups attached to an aromatic ring is 1. The van der Waals surface area contributed by atoms with Crippen molar-refractivity contribution in [3.63, 3.8) is 0 Å². The standard InChI is InChI=1S/C9H17N5OS/c1-6(2)4-11-7(15)5-14(3)9-12-8(10)13-16-9/h6H,4-5H2,1-3H3,(H2,10,13)(H,11,15). The van der Waals surface area contributed by atoms with E-state index in [4.69, 9.17) is 5.73 Å². The zero-order valence-electron chi connectivity index (χ0n) is 9.73. The van der Waals surface area contributed by atoms with Gasteiger partial charge in [0.1, 0.15) is 0 Å². The molecule has 3 N–H and O–H groups in total. The second-order valence-electron chi connectivity index (χ2n) is 3.99. The molecular formula is C9H17N5OS. The molecule has 1 rings (SSSR count). The molecule has 0 unspecified atom stereocenters. The highest BCUT2D eigenvalue weighted by Crippen LogP contribution is 2.15. The third-order valence-electron chi connectivity index (χ3n) is 1.85. The number of amides is 1. The van der Waals surface area contributed by atoms with Crippen LogP contribution in [0.2, 0.25) is 0 Å². The van der Waals surface area contributed by atoms with Crippen LogP contribution < -0.4 is 16.0 Å². The van der Waals surface area contributed by atoms with Crippen LogP contribution in [0.4, 0.5) is 11.1 Å². The summed E-state index contributed by atoms with van der Waals surface area (Å²) in [5, 5.41) is 3.48. The van der Waals surface area contributed by atoms with Crippen LogP contribution in [0.25, 0.3) is 0 Å². The van der Waals surface area contributed by atoms with Crippen molar-refractivity contribution in [2.75, 3.05) is 30.8 Å². The van der Waals surface area contributed by atoms with E-state index in [0.29, 0.717) is 17.6 Å². The third kappa shape index (κ3) is 4.01. The van der Waals surface area contributed by atoms with Crippen molar-refractivity contribution in [3.8, 4) is 0 Å². The summed E-state index contributed by atoms with van der Waals surface area (Å²) in [4.78, 5) is 17.2. The maximum absolute atomic E-state index is 11.5. The SMILES string of the molecule is CC(C)CNC(=O)CN(C)c1nc(N)ns1. The van der Waals surface area contributed by atoms with Gasteiger partial charge in [0.05, 0.1) is 6.54 Å². The fourth-order valence-corrected chi connectivity index (χ4v) is 1.59. The Bertz CT molecular complexity index is 351. The van der Waals surface area contributed by atoms with Crippen LogP contribution in [-0.4, -0.2) is 35.4 Å². The van der Waals surface area contributed by atoms with E-state index in [0.717, 1.165) is 0 Å². The average Bonchev–Trinajstić information content (AvgIpc) is 2.62. The van der Waals surface area contributed by atoms with Gasteiger partial charge in [-0.1, -0.05) is 13.8 Å². The van der Waals surface area contributed by atoms with Crippen LogP contribution in [0.1, 0.15) is 13.8 Å². The highest BCUT2D eigenvalue weighted by atomic mass is 32.1. The zero-order valence-corrected chi connectivity index (χ0v) is 10.5. The van der Waals surface area contributed by atoms with Crippen molar-refractivity contribution < 1.29 is 4.79 Å². The first-order valence-electron chi connectivity index (χ1n) is 5.06. The van der Waals surface area contributed by atoms with E-state index in [2.05, 4.69) is 28.5 Å². The normalized spacial score (nSPS) is 10.5. The van der Waals surface area contributed by atoms with Gasteiger partial charge in [-0.3, -0.25) is 4.79 Å². The van der Waals surface area contributed by atoms with E-state index in [9.17, 15) is 4.79 Å². The number of carbonyl (C=O) groups excluding carboxylic acids is 1. The Balaban J connectivity index is 2.39. The number of nitrogens with one attached hydrogen (secondary N) is 1. The van der Waals surface area contributed by atoms with E-state index >= 15 is 0 Å². The molecule has 7 heteroatoms. The molecule has 90 valence electrons. The van der Waals surface area contributed by atoms with Gasteiger partial charge in [-0.25, -0.2) is 0 Å². The maximum atomic E-state index is 11.5. The Hall–Kier alpha value is -1.37. The van der Waals surface area contributed by atoms with Crippen LogP contribution in [0.15, 0.2) is 0 Å². The highest BCUT2D eigenvalue weighted by Gasteiger charge is 2.11. The zero-order chi connectivity index (χ0) is 12.1. The number of rotatable bonds is 5. The Labute approximate surface area is 99.0 Å². The minimum atomic E-state index is -0.0232. The molecular weight excluding hydrogens is 226 g/mol. The first kappa shape index (κ1) is 12.7. The van der Waals surface area contributed by atoms with Gasteiger partial charge in [0.25, 0.3) is 0 Å². The number of anilines is 2. The van der Waals surface area contributed by atoms with E-state index in [1.54, 1.807) is 11.9 Å². The van der Waals surface area contributed by atoms with Gasteiger partial charge in [0, 0.05) is 25.1 Å². The molecule has 0 aliphatic carbocycles. The van der Waals surface area contributed by atoms with Gasteiger partial charge < -0.3 is 16.0 Å². The predicted octanol–water partition coefficient (Wildman–Crippen LogP) is 0.329.